The minimum absolute atomic E-state index is 0.170. The van der Waals surface area contributed by atoms with E-state index in [1.807, 2.05) is 0 Å². The van der Waals surface area contributed by atoms with Crippen LogP contribution in [0.2, 0.25) is 0 Å². The summed E-state index contributed by atoms with van der Waals surface area (Å²) in [6.45, 7) is 5.31. The Bertz CT molecular complexity index is 151. The molecule has 0 saturated heterocycles. The van der Waals surface area contributed by atoms with E-state index in [4.69, 9.17) is 0 Å². The van der Waals surface area contributed by atoms with Crippen molar-refractivity contribution in [2.24, 2.45) is 5.92 Å². The van der Waals surface area contributed by atoms with Gasteiger partial charge in [0.05, 0.1) is 0 Å². The normalized spacial score (nSPS) is 11.7. The molecule has 0 saturated carbocycles. The highest BCUT2D eigenvalue weighted by atomic mass is 16.5. The molecule has 0 rings (SSSR count). The van der Waals surface area contributed by atoms with E-state index in [0.29, 0.717) is 12.7 Å². The van der Waals surface area contributed by atoms with E-state index in [1.165, 1.54) is 6.08 Å². The van der Waals surface area contributed by atoms with Crippen molar-refractivity contribution in [1.29, 1.82) is 0 Å². The van der Waals surface area contributed by atoms with Crippen LogP contribution in [0.3, 0.4) is 0 Å². The van der Waals surface area contributed by atoms with E-state index in [2.05, 4.69) is 11.3 Å². The van der Waals surface area contributed by atoms with Gasteiger partial charge >= 0.3 is 5.97 Å². The van der Waals surface area contributed by atoms with Crippen LogP contribution in [-0.4, -0.2) is 18.9 Å². The molecule has 1 atom stereocenters. The molecule has 0 aromatic rings. The zero-order valence-electron chi connectivity index (χ0n) is 6.58. The second kappa shape index (κ2) is 5.65. The summed E-state index contributed by atoms with van der Waals surface area (Å²) in [5.74, 6) is -1.09. The Kier molecular flexibility index (Phi) is 5.07. The molecule has 0 aromatic carbocycles. The largest absolute Gasteiger partial charge is 0.461 e. The first-order valence-electron chi connectivity index (χ1n) is 3.49. The van der Waals surface area contributed by atoms with E-state index in [1.54, 1.807) is 6.92 Å². The molecule has 0 aliphatic heterocycles. The lowest BCUT2D eigenvalue weighted by Crippen LogP contribution is -2.18. The molecule has 0 bridgehead atoms. The fourth-order valence-corrected chi connectivity index (χ4v) is 0.567. The summed E-state index contributed by atoms with van der Waals surface area (Å²) in [6, 6.07) is 0. The monoisotopic (exact) mass is 156 g/mol. The molecular formula is C8H12O3. The summed E-state index contributed by atoms with van der Waals surface area (Å²) in [6.07, 6.45) is 2.56. The first kappa shape index (κ1) is 9.88. The molecule has 0 aliphatic carbocycles. The minimum atomic E-state index is -0.616. The fourth-order valence-electron chi connectivity index (χ4n) is 0.567. The summed E-state index contributed by atoms with van der Waals surface area (Å²) < 4.78 is 4.65. The molecule has 3 nitrogen and oxygen atoms in total. The van der Waals surface area contributed by atoms with Crippen LogP contribution in [0.4, 0.5) is 0 Å². The lowest BCUT2D eigenvalue weighted by molar-refractivity contribution is -0.148. The van der Waals surface area contributed by atoms with Gasteiger partial charge in [-0.25, -0.2) is 0 Å². The Morgan fingerprint density at radius 2 is 2.36 bits per heavy atom. The van der Waals surface area contributed by atoms with Gasteiger partial charge in [0.15, 0.2) is 0 Å². The maximum atomic E-state index is 10.9. The van der Waals surface area contributed by atoms with Gasteiger partial charge in [-0.05, 0) is 6.42 Å². The topological polar surface area (TPSA) is 43.4 Å². The molecule has 0 radical (unpaired) electrons. The zero-order valence-corrected chi connectivity index (χ0v) is 6.58. The molecule has 0 aromatic heterocycles. The Labute approximate surface area is 66.0 Å². The molecule has 0 amide bonds. The second-order valence-corrected chi connectivity index (χ2v) is 2.07. The summed E-state index contributed by atoms with van der Waals surface area (Å²) in [5, 5.41) is 0. The van der Waals surface area contributed by atoms with E-state index in [-0.39, 0.29) is 6.61 Å². The van der Waals surface area contributed by atoms with E-state index >= 15 is 0 Å². The molecule has 0 N–H and O–H groups in total. The van der Waals surface area contributed by atoms with Gasteiger partial charge in [0, 0.05) is 0 Å². The van der Waals surface area contributed by atoms with Gasteiger partial charge in [-0.3, -0.25) is 4.79 Å². The number of esters is 1. The van der Waals surface area contributed by atoms with Crippen molar-refractivity contribution in [3.05, 3.63) is 12.7 Å². The summed E-state index contributed by atoms with van der Waals surface area (Å²) >= 11 is 0. The molecule has 0 spiro atoms. The Morgan fingerprint density at radius 1 is 1.73 bits per heavy atom. The Balaban J connectivity index is 3.78. The van der Waals surface area contributed by atoms with Crippen molar-refractivity contribution in [1.82, 2.24) is 0 Å². The third-order valence-corrected chi connectivity index (χ3v) is 1.25. The second-order valence-electron chi connectivity index (χ2n) is 2.07. The highest BCUT2D eigenvalue weighted by Gasteiger charge is 2.15. The molecular weight excluding hydrogens is 144 g/mol. The number of ether oxygens (including phenoxy) is 1. The van der Waals surface area contributed by atoms with Crippen LogP contribution in [-0.2, 0) is 14.3 Å². The van der Waals surface area contributed by atoms with Crippen LogP contribution in [0, 0.1) is 5.92 Å². The van der Waals surface area contributed by atoms with Crippen molar-refractivity contribution in [3.63, 3.8) is 0 Å². The number of hydrogen-bond acceptors (Lipinski definition) is 3. The van der Waals surface area contributed by atoms with Gasteiger partial charge in [-0.2, -0.15) is 0 Å². The smallest absolute Gasteiger partial charge is 0.316 e. The predicted molar refractivity (Wildman–Crippen MR) is 41.0 cm³/mol. The lowest BCUT2D eigenvalue weighted by atomic mass is 10.1. The number of carbonyl (C=O) groups is 2. The SMILES string of the molecule is C=CCOC(=O)C(C=O)CC. The van der Waals surface area contributed by atoms with Crippen molar-refractivity contribution in [2.45, 2.75) is 13.3 Å². The van der Waals surface area contributed by atoms with E-state index < -0.39 is 11.9 Å². The van der Waals surface area contributed by atoms with Crippen LogP contribution in [0.15, 0.2) is 12.7 Å². The lowest BCUT2D eigenvalue weighted by Gasteiger charge is -2.05. The molecule has 0 heterocycles. The van der Waals surface area contributed by atoms with Crippen LogP contribution in [0.25, 0.3) is 0 Å². The first-order valence-corrected chi connectivity index (χ1v) is 3.49. The third-order valence-electron chi connectivity index (χ3n) is 1.25. The maximum absolute atomic E-state index is 10.9. The molecule has 0 aliphatic rings. The van der Waals surface area contributed by atoms with E-state index in [9.17, 15) is 9.59 Å². The highest BCUT2D eigenvalue weighted by molar-refractivity contribution is 5.87. The van der Waals surface area contributed by atoms with Crippen molar-refractivity contribution < 1.29 is 14.3 Å². The van der Waals surface area contributed by atoms with Gasteiger partial charge < -0.3 is 9.53 Å². The average Bonchev–Trinajstić information content (AvgIpc) is 2.03. The van der Waals surface area contributed by atoms with Crippen LogP contribution < -0.4 is 0 Å². The maximum Gasteiger partial charge on any atom is 0.316 e. The number of carbonyl (C=O) groups excluding carboxylic acids is 2. The Morgan fingerprint density at radius 3 is 2.73 bits per heavy atom. The van der Waals surface area contributed by atoms with Gasteiger partial charge in [-0.15, -0.1) is 0 Å². The first-order chi connectivity index (χ1) is 5.26. The van der Waals surface area contributed by atoms with Crippen LogP contribution >= 0.6 is 0 Å². The van der Waals surface area contributed by atoms with Crippen molar-refractivity contribution >= 4 is 12.3 Å². The van der Waals surface area contributed by atoms with Gasteiger partial charge in [-0.1, -0.05) is 19.6 Å². The number of hydrogen-bond donors (Lipinski definition) is 0. The van der Waals surface area contributed by atoms with Gasteiger partial charge in [0.1, 0.15) is 18.8 Å². The molecule has 11 heavy (non-hydrogen) atoms. The fraction of sp³-hybridized carbons (Fsp3) is 0.500. The van der Waals surface area contributed by atoms with Crippen molar-refractivity contribution in [3.8, 4) is 0 Å². The predicted octanol–water partition coefficient (Wildman–Crippen LogP) is 0.941. The average molecular weight is 156 g/mol. The van der Waals surface area contributed by atoms with Crippen LogP contribution in [0.1, 0.15) is 13.3 Å². The van der Waals surface area contributed by atoms with Gasteiger partial charge in [0.25, 0.3) is 0 Å². The quantitative estimate of drug-likeness (QED) is 0.257. The summed E-state index contributed by atoms with van der Waals surface area (Å²) in [4.78, 5) is 21.1. The zero-order chi connectivity index (χ0) is 8.69. The van der Waals surface area contributed by atoms with Crippen molar-refractivity contribution in [2.75, 3.05) is 6.61 Å². The number of rotatable bonds is 5. The molecule has 1 unspecified atom stereocenters. The van der Waals surface area contributed by atoms with E-state index in [0.717, 1.165) is 0 Å². The Hall–Kier alpha value is -1.12. The molecule has 0 fully saturated rings. The third kappa shape index (κ3) is 3.55. The standard InChI is InChI=1S/C8H12O3/c1-3-5-11-8(10)7(4-2)6-9/h3,6-7H,1,4-5H2,2H3. The highest BCUT2D eigenvalue weighted by Crippen LogP contribution is 2.00. The summed E-state index contributed by atoms with van der Waals surface area (Å²) in [5.41, 5.74) is 0. The molecule has 3 heteroatoms. The summed E-state index contributed by atoms with van der Waals surface area (Å²) in [7, 11) is 0. The molecule has 62 valence electrons. The minimum Gasteiger partial charge on any atom is -0.461 e. The number of aldehydes is 1. The van der Waals surface area contributed by atoms with Crippen LogP contribution in [0.5, 0.6) is 0 Å². The van der Waals surface area contributed by atoms with Gasteiger partial charge in [0.2, 0.25) is 0 Å².